The molecule has 0 amide bonds. The maximum absolute atomic E-state index is 12.5. The number of rotatable bonds is 2. The van der Waals surface area contributed by atoms with Gasteiger partial charge in [0.1, 0.15) is 6.07 Å². The van der Waals surface area contributed by atoms with Gasteiger partial charge in [0, 0.05) is 6.20 Å². The Balaban J connectivity index is 3.60. The summed E-state index contributed by atoms with van der Waals surface area (Å²) >= 11 is 10.5. The van der Waals surface area contributed by atoms with Crippen molar-refractivity contribution in [3.63, 3.8) is 0 Å². The molecule has 0 aliphatic rings. The second-order valence-corrected chi connectivity index (χ2v) is 3.18. The number of hydrogen-bond donors (Lipinski definition) is 0. The van der Waals surface area contributed by atoms with Crippen molar-refractivity contribution in [3.05, 3.63) is 28.0 Å². The number of halogens is 4. The summed E-state index contributed by atoms with van der Waals surface area (Å²) in [6.45, 7) is 0. The molecule has 1 rings (SSSR count). The molecule has 0 unspecified atom stereocenters. The van der Waals surface area contributed by atoms with Gasteiger partial charge in [-0.05, 0) is 11.6 Å². The lowest BCUT2D eigenvalue weighted by atomic mass is 10.1. The summed E-state index contributed by atoms with van der Waals surface area (Å²) in [5.74, 6) is 0. The van der Waals surface area contributed by atoms with Crippen LogP contribution in [0.2, 0.25) is 5.02 Å². The number of aromatic nitrogens is 1. The van der Waals surface area contributed by atoms with Gasteiger partial charge in [0.2, 0.25) is 0 Å². The van der Waals surface area contributed by atoms with Crippen molar-refractivity contribution >= 4 is 28.4 Å². The van der Waals surface area contributed by atoms with Gasteiger partial charge in [0.15, 0.2) is 5.69 Å². The summed E-state index contributed by atoms with van der Waals surface area (Å²) in [7, 11) is 0. The van der Waals surface area contributed by atoms with Crippen LogP contribution in [0.1, 0.15) is 28.0 Å². The first kappa shape index (κ1) is 11.8. The number of carbonyl (C=O) groups is 1. The van der Waals surface area contributed by atoms with E-state index in [9.17, 15) is 13.6 Å². The Bertz CT molecular complexity index is 457. The van der Waals surface area contributed by atoms with Crippen molar-refractivity contribution in [1.82, 2.24) is 4.98 Å². The lowest BCUT2D eigenvalue weighted by molar-refractivity contribution is 0.106. The fourth-order valence-electron chi connectivity index (χ4n) is 0.999. The zero-order valence-electron chi connectivity index (χ0n) is 6.97. The van der Waals surface area contributed by atoms with Crippen molar-refractivity contribution in [2.75, 3.05) is 0 Å². The highest BCUT2D eigenvalue weighted by molar-refractivity contribution is 6.68. The predicted octanol–water partition coefficient (Wildman–Crippen LogP) is 2.92. The summed E-state index contributed by atoms with van der Waals surface area (Å²) < 4.78 is 25.1. The Morgan fingerprint density at radius 1 is 1.60 bits per heavy atom. The third-order valence-electron chi connectivity index (χ3n) is 1.59. The SMILES string of the molecule is N#Cc1ncc(Cl)c(C(F)F)c1C(=O)Cl. The van der Waals surface area contributed by atoms with Gasteiger partial charge in [0.05, 0.1) is 16.1 Å². The Kier molecular flexibility index (Phi) is 3.56. The molecular formula is C8H2Cl2F2N2O. The number of nitrogens with zero attached hydrogens (tertiary/aromatic N) is 2. The molecule has 0 aliphatic heterocycles. The second kappa shape index (κ2) is 4.51. The molecule has 0 atom stereocenters. The Morgan fingerprint density at radius 3 is 2.60 bits per heavy atom. The van der Waals surface area contributed by atoms with Crippen LogP contribution < -0.4 is 0 Å². The van der Waals surface area contributed by atoms with Crippen LogP contribution in [0.4, 0.5) is 8.78 Å². The first-order valence-electron chi connectivity index (χ1n) is 3.55. The van der Waals surface area contributed by atoms with Crippen LogP contribution >= 0.6 is 23.2 Å². The van der Waals surface area contributed by atoms with Crippen molar-refractivity contribution in [3.8, 4) is 6.07 Å². The van der Waals surface area contributed by atoms with Gasteiger partial charge in [-0.1, -0.05) is 11.6 Å². The molecule has 15 heavy (non-hydrogen) atoms. The van der Waals surface area contributed by atoms with Crippen molar-refractivity contribution in [2.45, 2.75) is 6.43 Å². The minimum absolute atomic E-state index is 0.395. The molecule has 0 saturated carbocycles. The maximum Gasteiger partial charge on any atom is 0.266 e. The molecule has 0 fully saturated rings. The summed E-state index contributed by atoms with van der Waals surface area (Å²) in [5, 5.41) is 6.97. The van der Waals surface area contributed by atoms with Gasteiger partial charge in [-0.3, -0.25) is 4.79 Å². The van der Waals surface area contributed by atoms with Crippen LogP contribution in [-0.4, -0.2) is 10.2 Å². The first-order chi connectivity index (χ1) is 6.99. The topological polar surface area (TPSA) is 53.8 Å². The highest BCUT2D eigenvalue weighted by atomic mass is 35.5. The number of alkyl halides is 2. The highest BCUT2D eigenvalue weighted by Gasteiger charge is 2.25. The van der Waals surface area contributed by atoms with Gasteiger partial charge in [-0.2, -0.15) is 5.26 Å². The molecule has 0 radical (unpaired) electrons. The molecule has 7 heteroatoms. The average Bonchev–Trinajstić information content (AvgIpc) is 2.16. The van der Waals surface area contributed by atoms with Crippen molar-refractivity contribution in [1.29, 1.82) is 5.26 Å². The summed E-state index contributed by atoms with van der Waals surface area (Å²) in [6.07, 6.45) is -2.12. The Labute approximate surface area is 93.2 Å². The quantitative estimate of drug-likeness (QED) is 0.759. The molecular weight excluding hydrogens is 249 g/mol. The van der Waals surface area contributed by atoms with Crippen LogP contribution in [0.3, 0.4) is 0 Å². The van der Waals surface area contributed by atoms with Crippen LogP contribution in [-0.2, 0) is 0 Å². The summed E-state index contributed by atoms with van der Waals surface area (Å²) in [4.78, 5) is 14.3. The van der Waals surface area contributed by atoms with E-state index in [1.807, 2.05) is 0 Å². The van der Waals surface area contributed by atoms with E-state index in [4.69, 9.17) is 28.5 Å². The second-order valence-electron chi connectivity index (χ2n) is 2.43. The predicted molar refractivity (Wildman–Crippen MR) is 49.1 cm³/mol. The molecule has 3 nitrogen and oxygen atoms in total. The molecule has 0 aliphatic carbocycles. The third kappa shape index (κ3) is 2.22. The normalized spacial score (nSPS) is 10.1. The van der Waals surface area contributed by atoms with Crippen molar-refractivity contribution < 1.29 is 13.6 Å². The standard InChI is InChI=1S/C8H2Cl2F2N2O/c9-3-2-14-4(1-13)6(7(10)15)5(3)8(11)12/h2,8H. The summed E-state index contributed by atoms with van der Waals surface area (Å²) in [5.41, 5.74) is -1.86. The molecule has 0 aromatic carbocycles. The van der Waals surface area contributed by atoms with Crippen LogP contribution in [0.5, 0.6) is 0 Å². The molecule has 0 saturated heterocycles. The van der Waals surface area contributed by atoms with Gasteiger partial charge in [-0.25, -0.2) is 13.8 Å². The molecule has 0 N–H and O–H groups in total. The maximum atomic E-state index is 12.5. The van der Waals surface area contributed by atoms with Gasteiger partial charge >= 0.3 is 0 Å². The lowest BCUT2D eigenvalue weighted by Gasteiger charge is -2.07. The number of carbonyl (C=O) groups excluding carboxylic acids is 1. The Morgan fingerprint density at radius 2 is 2.20 bits per heavy atom. The lowest BCUT2D eigenvalue weighted by Crippen LogP contribution is -2.05. The van der Waals surface area contributed by atoms with Gasteiger partial charge in [0.25, 0.3) is 11.7 Å². The molecule has 1 aromatic heterocycles. The van der Waals surface area contributed by atoms with Crippen LogP contribution in [0, 0.1) is 11.3 Å². The summed E-state index contributed by atoms with van der Waals surface area (Å²) in [6, 6.07) is 1.49. The number of nitriles is 1. The minimum atomic E-state index is -3.00. The number of pyridine rings is 1. The van der Waals surface area contributed by atoms with Crippen LogP contribution in [0.25, 0.3) is 0 Å². The van der Waals surface area contributed by atoms with E-state index in [-0.39, 0.29) is 0 Å². The molecule has 0 bridgehead atoms. The van der Waals surface area contributed by atoms with Gasteiger partial charge < -0.3 is 0 Å². The Hall–Kier alpha value is -1.25. The van der Waals surface area contributed by atoms with E-state index >= 15 is 0 Å². The minimum Gasteiger partial charge on any atom is -0.275 e. The van der Waals surface area contributed by atoms with E-state index in [0.29, 0.717) is 0 Å². The smallest absolute Gasteiger partial charge is 0.266 e. The average molecular weight is 251 g/mol. The molecule has 78 valence electrons. The van der Waals surface area contributed by atoms with E-state index in [0.717, 1.165) is 6.20 Å². The van der Waals surface area contributed by atoms with E-state index in [2.05, 4.69) is 4.98 Å². The zero-order valence-corrected chi connectivity index (χ0v) is 8.48. The molecule has 1 aromatic rings. The molecule has 0 spiro atoms. The van der Waals surface area contributed by atoms with E-state index in [1.54, 1.807) is 0 Å². The highest BCUT2D eigenvalue weighted by Crippen LogP contribution is 2.31. The van der Waals surface area contributed by atoms with E-state index < -0.39 is 33.5 Å². The van der Waals surface area contributed by atoms with Crippen LogP contribution in [0.15, 0.2) is 6.20 Å². The monoisotopic (exact) mass is 250 g/mol. The van der Waals surface area contributed by atoms with Gasteiger partial charge in [-0.15, -0.1) is 0 Å². The number of hydrogen-bond acceptors (Lipinski definition) is 3. The fourth-order valence-corrected chi connectivity index (χ4v) is 1.42. The fraction of sp³-hybridized carbons (Fsp3) is 0.125. The largest absolute Gasteiger partial charge is 0.275 e. The zero-order chi connectivity index (χ0) is 11.6. The molecule has 1 heterocycles. The first-order valence-corrected chi connectivity index (χ1v) is 4.31. The third-order valence-corrected chi connectivity index (χ3v) is 2.08. The van der Waals surface area contributed by atoms with Crippen molar-refractivity contribution in [2.24, 2.45) is 0 Å². The van der Waals surface area contributed by atoms with E-state index in [1.165, 1.54) is 6.07 Å².